The molecule has 1 aliphatic carbocycles. The molecule has 0 radical (unpaired) electrons. The average molecular weight is 269 g/mol. The van der Waals surface area contributed by atoms with Gasteiger partial charge in [-0.25, -0.2) is 4.98 Å². The minimum absolute atomic E-state index is 0.404. The number of hydrogen-bond acceptors (Lipinski definition) is 2. The van der Waals surface area contributed by atoms with Gasteiger partial charge in [-0.15, -0.1) is 0 Å². The van der Waals surface area contributed by atoms with E-state index >= 15 is 0 Å². The summed E-state index contributed by atoms with van der Waals surface area (Å²) >= 11 is 0. The van der Waals surface area contributed by atoms with Crippen molar-refractivity contribution in [3.8, 4) is 0 Å². The quantitative estimate of drug-likeness (QED) is 0.873. The fourth-order valence-electron chi connectivity index (χ4n) is 3.19. The molecule has 2 atom stereocenters. The summed E-state index contributed by atoms with van der Waals surface area (Å²) in [7, 11) is 2.08. The molecule has 20 heavy (non-hydrogen) atoms. The first-order chi connectivity index (χ1) is 9.79. The molecular formula is C17H23N3. The van der Waals surface area contributed by atoms with Gasteiger partial charge in [0.2, 0.25) is 0 Å². The maximum absolute atomic E-state index is 4.27. The van der Waals surface area contributed by atoms with E-state index in [9.17, 15) is 0 Å². The third kappa shape index (κ3) is 2.50. The van der Waals surface area contributed by atoms with Gasteiger partial charge >= 0.3 is 0 Å². The third-order valence-corrected chi connectivity index (χ3v) is 4.33. The van der Waals surface area contributed by atoms with Crippen molar-refractivity contribution in [1.29, 1.82) is 0 Å². The number of nitrogens with one attached hydrogen (secondary N) is 1. The summed E-state index contributed by atoms with van der Waals surface area (Å²) in [6, 6.07) is 9.24. The molecule has 0 fully saturated rings. The molecule has 0 spiro atoms. The minimum atomic E-state index is 0.404. The highest BCUT2D eigenvalue weighted by atomic mass is 15.1. The molecule has 3 nitrogen and oxygen atoms in total. The molecule has 3 rings (SSSR count). The van der Waals surface area contributed by atoms with Crippen LogP contribution in [0.15, 0.2) is 36.8 Å². The van der Waals surface area contributed by atoms with Crippen molar-refractivity contribution in [2.75, 3.05) is 6.54 Å². The summed E-state index contributed by atoms with van der Waals surface area (Å²) in [6.07, 6.45) is 7.44. The molecule has 2 unspecified atom stereocenters. The van der Waals surface area contributed by atoms with Gasteiger partial charge in [0.25, 0.3) is 0 Å². The highest BCUT2D eigenvalue weighted by molar-refractivity contribution is 5.40. The van der Waals surface area contributed by atoms with Gasteiger partial charge in [-0.05, 0) is 42.9 Å². The Morgan fingerprint density at radius 1 is 1.40 bits per heavy atom. The fraction of sp³-hybridized carbons (Fsp3) is 0.471. The summed E-state index contributed by atoms with van der Waals surface area (Å²) in [5, 5.41) is 3.68. The van der Waals surface area contributed by atoms with E-state index in [2.05, 4.69) is 53.1 Å². The maximum atomic E-state index is 4.27. The predicted molar refractivity (Wildman–Crippen MR) is 81.7 cm³/mol. The molecule has 0 saturated carbocycles. The fourth-order valence-corrected chi connectivity index (χ4v) is 3.19. The second-order valence-electron chi connectivity index (χ2n) is 5.77. The van der Waals surface area contributed by atoms with Crippen molar-refractivity contribution < 1.29 is 0 Å². The lowest BCUT2D eigenvalue weighted by molar-refractivity contribution is 0.414. The molecule has 3 heteroatoms. The Kier molecular flexibility index (Phi) is 3.88. The van der Waals surface area contributed by atoms with Gasteiger partial charge in [-0.1, -0.05) is 31.2 Å². The Labute approximate surface area is 121 Å². The molecule has 2 aromatic rings. The van der Waals surface area contributed by atoms with Crippen LogP contribution in [0.3, 0.4) is 0 Å². The van der Waals surface area contributed by atoms with Crippen molar-refractivity contribution in [2.24, 2.45) is 7.05 Å². The van der Waals surface area contributed by atoms with Crippen molar-refractivity contribution in [3.05, 3.63) is 53.6 Å². The van der Waals surface area contributed by atoms with Crippen molar-refractivity contribution in [2.45, 2.75) is 38.1 Å². The Bertz CT molecular complexity index is 573. The molecular weight excluding hydrogens is 246 g/mol. The van der Waals surface area contributed by atoms with Crippen LogP contribution < -0.4 is 5.32 Å². The van der Waals surface area contributed by atoms with E-state index in [0.29, 0.717) is 12.0 Å². The number of imidazole rings is 1. The summed E-state index contributed by atoms with van der Waals surface area (Å²) in [6.45, 7) is 3.27. The van der Waals surface area contributed by atoms with E-state index in [1.807, 2.05) is 12.5 Å². The highest BCUT2D eigenvalue weighted by Gasteiger charge is 2.29. The first-order valence-corrected chi connectivity index (χ1v) is 7.57. The number of aromatic nitrogens is 2. The van der Waals surface area contributed by atoms with Crippen LogP contribution in [-0.4, -0.2) is 16.1 Å². The monoisotopic (exact) mass is 269 g/mol. The van der Waals surface area contributed by atoms with Gasteiger partial charge in [-0.3, -0.25) is 0 Å². The van der Waals surface area contributed by atoms with Gasteiger partial charge in [0, 0.05) is 19.3 Å². The van der Waals surface area contributed by atoms with Crippen LogP contribution in [0.5, 0.6) is 0 Å². The van der Waals surface area contributed by atoms with Crippen molar-refractivity contribution in [3.63, 3.8) is 0 Å². The number of fused-ring (bicyclic) bond motifs is 1. The summed E-state index contributed by atoms with van der Waals surface area (Å²) in [4.78, 5) is 4.27. The van der Waals surface area contributed by atoms with Crippen LogP contribution in [-0.2, 0) is 13.5 Å². The minimum Gasteiger partial charge on any atom is -0.336 e. The predicted octanol–water partition coefficient (Wildman–Crippen LogP) is 3.19. The molecule has 1 aromatic heterocycles. The lowest BCUT2D eigenvalue weighted by Crippen LogP contribution is -2.29. The SMILES string of the molecule is CCCNC(CC1Cc2ccccc21)c1cncn1C. The first-order valence-electron chi connectivity index (χ1n) is 7.57. The Morgan fingerprint density at radius 2 is 2.25 bits per heavy atom. The van der Waals surface area contributed by atoms with Gasteiger partial charge in [-0.2, -0.15) is 0 Å². The number of benzene rings is 1. The number of rotatable bonds is 6. The van der Waals surface area contributed by atoms with E-state index in [4.69, 9.17) is 0 Å². The number of nitrogens with zero attached hydrogens (tertiary/aromatic N) is 2. The normalized spacial score (nSPS) is 18.4. The summed E-state index contributed by atoms with van der Waals surface area (Å²) in [5.41, 5.74) is 4.36. The van der Waals surface area contributed by atoms with Crippen LogP contribution in [0.4, 0.5) is 0 Å². The zero-order valence-corrected chi connectivity index (χ0v) is 12.3. The van der Waals surface area contributed by atoms with E-state index < -0.39 is 0 Å². The second-order valence-corrected chi connectivity index (χ2v) is 5.77. The van der Waals surface area contributed by atoms with Crippen molar-refractivity contribution >= 4 is 0 Å². The van der Waals surface area contributed by atoms with Gasteiger partial charge in [0.15, 0.2) is 0 Å². The van der Waals surface area contributed by atoms with Gasteiger partial charge < -0.3 is 9.88 Å². The Hall–Kier alpha value is -1.61. The van der Waals surface area contributed by atoms with Crippen LogP contribution in [0.25, 0.3) is 0 Å². The molecule has 0 saturated heterocycles. The largest absolute Gasteiger partial charge is 0.336 e. The topological polar surface area (TPSA) is 29.9 Å². The van der Waals surface area contributed by atoms with Crippen molar-refractivity contribution in [1.82, 2.24) is 14.9 Å². The second kappa shape index (κ2) is 5.80. The standard InChI is InChI=1S/C17H23N3/c1-3-8-19-16(17-11-18-12-20(17)2)10-14-9-13-6-4-5-7-15(13)14/h4-7,11-12,14,16,19H,3,8-10H2,1-2H3. The lowest BCUT2D eigenvalue weighted by Gasteiger charge is -2.33. The summed E-state index contributed by atoms with van der Waals surface area (Å²) < 4.78 is 2.14. The molecule has 0 bridgehead atoms. The third-order valence-electron chi connectivity index (χ3n) is 4.33. The van der Waals surface area contributed by atoms with Crippen LogP contribution >= 0.6 is 0 Å². The molecule has 1 aliphatic rings. The number of aryl methyl sites for hydroxylation is 1. The first kappa shape index (κ1) is 13.4. The molecule has 1 aromatic carbocycles. The molecule has 106 valence electrons. The summed E-state index contributed by atoms with van der Waals surface area (Å²) in [5.74, 6) is 0.690. The zero-order valence-electron chi connectivity index (χ0n) is 12.3. The van der Waals surface area contributed by atoms with E-state index in [1.54, 1.807) is 0 Å². The zero-order chi connectivity index (χ0) is 13.9. The van der Waals surface area contributed by atoms with E-state index in [-0.39, 0.29) is 0 Å². The molecule has 1 heterocycles. The van der Waals surface area contributed by atoms with Gasteiger partial charge in [0.1, 0.15) is 0 Å². The van der Waals surface area contributed by atoms with E-state index in [0.717, 1.165) is 19.4 Å². The van der Waals surface area contributed by atoms with Crippen LogP contribution in [0.1, 0.15) is 48.5 Å². The number of hydrogen-bond donors (Lipinski definition) is 1. The highest BCUT2D eigenvalue weighted by Crippen LogP contribution is 2.40. The van der Waals surface area contributed by atoms with Crippen LogP contribution in [0.2, 0.25) is 0 Å². The maximum Gasteiger partial charge on any atom is 0.0946 e. The molecule has 0 amide bonds. The average Bonchev–Trinajstić information content (AvgIpc) is 2.86. The lowest BCUT2D eigenvalue weighted by atomic mass is 9.74. The smallest absolute Gasteiger partial charge is 0.0946 e. The molecule has 0 aliphatic heterocycles. The molecule has 1 N–H and O–H groups in total. The Morgan fingerprint density at radius 3 is 2.95 bits per heavy atom. The Balaban J connectivity index is 1.73. The van der Waals surface area contributed by atoms with Crippen LogP contribution in [0, 0.1) is 0 Å². The van der Waals surface area contributed by atoms with Gasteiger partial charge in [0.05, 0.1) is 12.0 Å². The van der Waals surface area contributed by atoms with E-state index in [1.165, 1.54) is 23.2 Å².